The molecule has 168 valence electrons. The number of hydrogen-bond acceptors (Lipinski definition) is 5. The van der Waals surface area contributed by atoms with Crippen molar-refractivity contribution in [3.8, 4) is 17.2 Å². The predicted molar refractivity (Wildman–Crippen MR) is 127 cm³/mol. The molecule has 1 aromatic heterocycles. The predicted octanol–water partition coefficient (Wildman–Crippen LogP) is 4.24. The van der Waals surface area contributed by atoms with Crippen molar-refractivity contribution >= 4 is 16.8 Å². The average Bonchev–Trinajstić information content (AvgIpc) is 2.87. The highest BCUT2D eigenvalue weighted by atomic mass is 16.5. The second-order valence-electron chi connectivity index (χ2n) is 7.62. The molecule has 7 heteroatoms. The quantitative estimate of drug-likeness (QED) is 0.446. The van der Waals surface area contributed by atoms with Crippen LogP contribution in [0.25, 0.3) is 16.6 Å². The number of para-hydroxylation sites is 2. The van der Waals surface area contributed by atoms with Crippen LogP contribution in [0, 0.1) is 0 Å². The molecule has 4 aromatic rings. The molecule has 1 atom stereocenters. The fourth-order valence-corrected chi connectivity index (χ4v) is 3.77. The van der Waals surface area contributed by atoms with Gasteiger partial charge in [0.2, 0.25) is 0 Å². The summed E-state index contributed by atoms with van der Waals surface area (Å²) in [6.07, 6.45) is 0. The van der Waals surface area contributed by atoms with Gasteiger partial charge in [-0.25, -0.2) is 4.98 Å². The summed E-state index contributed by atoms with van der Waals surface area (Å²) in [5.74, 6) is 1.39. The number of methoxy groups -OCH3 is 2. The zero-order chi connectivity index (χ0) is 23.5. The van der Waals surface area contributed by atoms with E-state index >= 15 is 0 Å². The van der Waals surface area contributed by atoms with E-state index in [0.717, 1.165) is 0 Å². The monoisotopic (exact) mass is 443 g/mol. The lowest BCUT2D eigenvalue weighted by Gasteiger charge is -2.27. The molecule has 0 aliphatic heterocycles. The topological polar surface area (TPSA) is 73.7 Å². The Morgan fingerprint density at radius 3 is 2.30 bits per heavy atom. The van der Waals surface area contributed by atoms with Gasteiger partial charge < -0.3 is 14.4 Å². The smallest absolute Gasteiger partial charge is 0.266 e. The third-order valence-corrected chi connectivity index (χ3v) is 5.74. The van der Waals surface area contributed by atoms with Crippen molar-refractivity contribution in [3.63, 3.8) is 0 Å². The van der Waals surface area contributed by atoms with Crippen molar-refractivity contribution < 1.29 is 14.3 Å². The molecule has 0 bridgehead atoms. The Kier molecular flexibility index (Phi) is 6.13. The third-order valence-electron chi connectivity index (χ3n) is 5.74. The molecule has 7 nitrogen and oxygen atoms in total. The van der Waals surface area contributed by atoms with Gasteiger partial charge in [-0.1, -0.05) is 24.3 Å². The molecule has 0 fully saturated rings. The minimum atomic E-state index is -0.512. The molecule has 1 amide bonds. The molecule has 0 aliphatic carbocycles. The van der Waals surface area contributed by atoms with Crippen molar-refractivity contribution in [2.45, 2.75) is 13.0 Å². The van der Waals surface area contributed by atoms with Crippen LogP contribution in [-0.4, -0.2) is 41.6 Å². The summed E-state index contributed by atoms with van der Waals surface area (Å²) in [5.41, 5.74) is 1.45. The van der Waals surface area contributed by atoms with Crippen molar-refractivity contribution in [3.05, 3.63) is 94.5 Å². The number of hydrogen-bond donors (Lipinski definition) is 0. The van der Waals surface area contributed by atoms with Gasteiger partial charge in [0.05, 0.1) is 42.4 Å². The number of benzene rings is 3. The van der Waals surface area contributed by atoms with Gasteiger partial charge in [-0.2, -0.15) is 0 Å². The number of aromatic nitrogens is 2. The summed E-state index contributed by atoms with van der Waals surface area (Å²) in [4.78, 5) is 33.2. The molecule has 1 unspecified atom stereocenters. The lowest BCUT2D eigenvalue weighted by Crippen LogP contribution is -2.35. The SMILES string of the molecule is COc1ccc(-n2c(C(C)N(C)C(=O)c3ccccc3OC)nc3ccccc3c2=O)cc1. The van der Waals surface area contributed by atoms with Crippen LogP contribution < -0.4 is 15.0 Å². The highest BCUT2D eigenvalue weighted by Gasteiger charge is 2.26. The van der Waals surface area contributed by atoms with Crippen LogP contribution in [0.4, 0.5) is 0 Å². The maximum atomic E-state index is 13.5. The van der Waals surface area contributed by atoms with Gasteiger partial charge in [0, 0.05) is 7.05 Å². The van der Waals surface area contributed by atoms with E-state index in [1.54, 1.807) is 78.2 Å². The van der Waals surface area contributed by atoms with Crippen LogP contribution in [0.2, 0.25) is 0 Å². The van der Waals surface area contributed by atoms with Crippen LogP contribution in [0.5, 0.6) is 11.5 Å². The summed E-state index contributed by atoms with van der Waals surface area (Å²) in [7, 11) is 4.81. The fourth-order valence-electron chi connectivity index (χ4n) is 3.77. The minimum absolute atomic E-state index is 0.203. The van der Waals surface area contributed by atoms with E-state index in [2.05, 4.69) is 0 Å². The first-order valence-electron chi connectivity index (χ1n) is 10.5. The highest BCUT2D eigenvalue weighted by Crippen LogP contribution is 2.26. The number of ether oxygens (including phenoxy) is 2. The molecule has 0 radical (unpaired) electrons. The van der Waals surface area contributed by atoms with Gasteiger partial charge >= 0.3 is 0 Å². The molecule has 0 saturated carbocycles. The Bertz CT molecular complexity index is 1360. The van der Waals surface area contributed by atoms with Crippen LogP contribution in [0.15, 0.2) is 77.6 Å². The minimum Gasteiger partial charge on any atom is -0.497 e. The highest BCUT2D eigenvalue weighted by molar-refractivity contribution is 5.97. The molecule has 0 spiro atoms. The van der Waals surface area contributed by atoms with Gasteiger partial charge in [0.1, 0.15) is 17.3 Å². The van der Waals surface area contributed by atoms with E-state index in [9.17, 15) is 9.59 Å². The molecule has 0 saturated heterocycles. The number of fused-ring (bicyclic) bond motifs is 1. The Balaban J connectivity index is 1.86. The van der Waals surface area contributed by atoms with Crippen LogP contribution in [0.1, 0.15) is 29.1 Å². The zero-order valence-electron chi connectivity index (χ0n) is 19.0. The summed E-state index contributed by atoms with van der Waals surface area (Å²) in [6, 6.07) is 20.9. The molecule has 1 heterocycles. The van der Waals surface area contributed by atoms with Crippen molar-refractivity contribution in [1.29, 1.82) is 0 Å². The van der Waals surface area contributed by atoms with E-state index in [1.165, 1.54) is 7.11 Å². The van der Waals surface area contributed by atoms with Gasteiger partial charge in [0.25, 0.3) is 11.5 Å². The number of amides is 1. The zero-order valence-corrected chi connectivity index (χ0v) is 19.0. The largest absolute Gasteiger partial charge is 0.497 e. The fraction of sp³-hybridized carbons (Fsp3) is 0.192. The van der Waals surface area contributed by atoms with Crippen molar-refractivity contribution in [2.24, 2.45) is 0 Å². The van der Waals surface area contributed by atoms with Gasteiger partial charge in [-0.05, 0) is 55.5 Å². The van der Waals surface area contributed by atoms with Gasteiger partial charge in [-0.3, -0.25) is 14.2 Å². The molecule has 0 N–H and O–H groups in total. The number of rotatable bonds is 6. The first kappa shape index (κ1) is 22.1. The second kappa shape index (κ2) is 9.16. The third kappa shape index (κ3) is 4.05. The van der Waals surface area contributed by atoms with Crippen LogP contribution in [-0.2, 0) is 0 Å². The summed E-state index contributed by atoms with van der Waals surface area (Å²) < 4.78 is 12.2. The maximum Gasteiger partial charge on any atom is 0.266 e. The molecule has 4 rings (SSSR count). The normalized spacial score (nSPS) is 11.8. The van der Waals surface area contributed by atoms with E-state index < -0.39 is 6.04 Å². The number of nitrogens with zero attached hydrogens (tertiary/aromatic N) is 3. The standard InChI is InChI=1S/C26H25N3O4/c1-17(28(2)25(30)21-10-6-8-12-23(21)33-4)24-27-22-11-7-5-9-20(22)26(31)29(24)18-13-15-19(32-3)16-14-18/h5-17H,1-4H3. The Morgan fingerprint density at radius 2 is 1.61 bits per heavy atom. The maximum absolute atomic E-state index is 13.5. The van der Waals surface area contributed by atoms with E-state index in [1.807, 2.05) is 25.1 Å². The van der Waals surface area contributed by atoms with Crippen LogP contribution in [0.3, 0.4) is 0 Å². The molecule has 3 aromatic carbocycles. The summed E-state index contributed by atoms with van der Waals surface area (Å²) in [6.45, 7) is 1.85. The average molecular weight is 444 g/mol. The molecule has 33 heavy (non-hydrogen) atoms. The van der Waals surface area contributed by atoms with Crippen molar-refractivity contribution in [2.75, 3.05) is 21.3 Å². The van der Waals surface area contributed by atoms with Crippen molar-refractivity contribution in [1.82, 2.24) is 14.5 Å². The van der Waals surface area contributed by atoms with E-state index in [4.69, 9.17) is 14.5 Å². The van der Waals surface area contributed by atoms with Crippen LogP contribution >= 0.6 is 0 Å². The first-order chi connectivity index (χ1) is 16.0. The Labute approximate surface area is 191 Å². The lowest BCUT2D eigenvalue weighted by atomic mass is 10.1. The van der Waals surface area contributed by atoms with Gasteiger partial charge in [-0.15, -0.1) is 0 Å². The number of carbonyl (C=O) groups excluding carboxylic acids is 1. The van der Waals surface area contributed by atoms with E-state index in [-0.39, 0.29) is 11.5 Å². The Hall–Kier alpha value is -4.13. The lowest BCUT2D eigenvalue weighted by molar-refractivity contribution is 0.0731. The molecule has 0 aliphatic rings. The second-order valence-corrected chi connectivity index (χ2v) is 7.62. The van der Waals surface area contributed by atoms with Gasteiger partial charge in [0.15, 0.2) is 0 Å². The number of carbonyl (C=O) groups is 1. The first-order valence-corrected chi connectivity index (χ1v) is 10.5. The van der Waals surface area contributed by atoms with E-state index in [0.29, 0.717) is 39.5 Å². The summed E-state index contributed by atoms with van der Waals surface area (Å²) in [5, 5.41) is 0.503. The molecular weight excluding hydrogens is 418 g/mol. The Morgan fingerprint density at radius 1 is 0.939 bits per heavy atom. The summed E-state index contributed by atoms with van der Waals surface area (Å²) >= 11 is 0. The molecular formula is C26H25N3O4.